The van der Waals surface area contributed by atoms with Crippen molar-refractivity contribution in [3.05, 3.63) is 0 Å². The first-order valence-electron chi connectivity index (χ1n) is 5.60. The summed E-state index contributed by atoms with van der Waals surface area (Å²) in [6.07, 6.45) is -0.479. The number of hydrogen-bond acceptors (Lipinski definition) is 6. The van der Waals surface area contributed by atoms with Gasteiger partial charge in [0.25, 0.3) is 0 Å². The predicted molar refractivity (Wildman–Crippen MR) is 63.3 cm³/mol. The van der Waals surface area contributed by atoms with Crippen LogP contribution in [-0.4, -0.2) is 52.3 Å². The maximum Gasteiger partial charge on any atom is 0.306 e. The molecule has 1 saturated heterocycles. The number of carbonyl (C=O) groups is 1. The van der Waals surface area contributed by atoms with Crippen LogP contribution in [0, 0.1) is 0 Å². The Morgan fingerprint density at radius 2 is 2.17 bits per heavy atom. The molecular weight excluding hydrogens is 262 g/mol. The first-order valence-corrected chi connectivity index (χ1v) is 7.25. The van der Waals surface area contributed by atoms with Crippen molar-refractivity contribution in [2.75, 3.05) is 26.0 Å². The third-order valence-corrected chi connectivity index (χ3v) is 3.75. The number of carbonyl (C=O) groups excluding carboxylic acids is 1. The summed E-state index contributed by atoms with van der Waals surface area (Å²) in [6, 6.07) is 0. The summed E-state index contributed by atoms with van der Waals surface area (Å²) in [5, 5.41) is 0. The molecule has 0 aromatic heterocycles. The maximum absolute atomic E-state index is 11.6. The van der Waals surface area contributed by atoms with Crippen molar-refractivity contribution < 1.29 is 27.4 Å². The normalized spacial score (nSPS) is 22.9. The highest BCUT2D eigenvalue weighted by Crippen LogP contribution is 2.21. The molecule has 1 atom stereocenters. The fraction of sp³-hybridized carbons (Fsp3) is 0.900. The van der Waals surface area contributed by atoms with Gasteiger partial charge < -0.3 is 14.2 Å². The van der Waals surface area contributed by atoms with E-state index in [0.29, 0.717) is 6.61 Å². The second-order valence-corrected chi connectivity index (χ2v) is 6.37. The van der Waals surface area contributed by atoms with Crippen molar-refractivity contribution in [1.29, 1.82) is 0 Å². The Balaban J connectivity index is 2.32. The lowest BCUT2D eigenvalue weighted by Gasteiger charge is -2.17. The van der Waals surface area contributed by atoms with Gasteiger partial charge in [0.05, 0.1) is 32.0 Å². The average Bonchev–Trinajstić information content (AvgIpc) is 2.63. The van der Waals surface area contributed by atoms with E-state index < -0.39 is 21.8 Å². The molecule has 0 radical (unpaired) electrons. The van der Waals surface area contributed by atoms with Crippen molar-refractivity contribution in [2.24, 2.45) is 0 Å². The highest BCUT2D eigenvalue weighted by molar-refractivity contribution is 7.89. The minimum Gasteiger partial charge on any atom is -0.469 e. The van der Waals surface area contributed by atoms with Crippen molar-refractivity contribution in [1.82, 2.24) is 4.72 Å². The van der Waals surface area contributed by atoms with Crippen LogP contribution in [0.2, 0.25) is 0 Å². The van der Waals surface area contributed by atoms with E-state index in [1.54, 1.807) is 13.8 Å². The fourth-order valence-electron chi connectivity index (χ4n) is 1.48. The third kappa shape index (κ3) is 5.30. The number of nitrogens with one attached hydrogen (secondary N) is 1. The highest BCUT2D eigenvalue weighted by atomic mass is 32.2. The molecule has 7 nitrogen and oxygen atoms in total. The zero-order valence-corrected chi connectivity index (χ0v) is 11.6. The van der Waals surface area contributed by atoms with Crippen molar-refractivity contribution in [3.8, 4) is 0 Å². The smallest absolute Gasteiger partial charge is 0.306 e. The monoisotopic (exact) mass is 281 g/mol. The van der Waals surface area contributed by atoms with E-state index in [0.717, 1.165) is 0 Å². The summed E-state index contributed by atoms with van der Waals surface area (Å²) < 4.78 is 40.6. The van der Waals surface area contributed by atoms with E-state index in [4.69, 9.17) is 9.47 Å². The van der Waals surface area contributed by atoms with Crippen molar-refractivity contribution in [2.45, 2.75) is 32.2 Å². The van der Waals surface area contributed by atoms with E-state index in [1.165, 1.54) is 7.11 Å². The molecule has 0 bridgehead atoms. The van der Waals surface area contributed by atoms with E-state index in [-0.39, 0.29) is 24.8 Å². The molecule has 1 N–H and O–H groups in total. The summed E-state index contributed by atoms with van der Waals surface area (Å²) in [7, 11) is -2.28. The molecule has 18 heavy (non-hydrogen) atoms. The van der Waals surface area contributed by atoms with E-state index in [9.17, 15) is 13.2 Å². The van der Waals surface area contributed by atoms with Crippen LogP contribution in [0.5, 0.6) is 0 Å². The summed E-state index contributed by atoms with van der Waals surface area (Å²) in [6.45, 7) is 4.00. The third-order valence-electron chi connectivity index (χ3n) is 2.40. The lowest BCUT2D eigenvalue weighted by Crippen LogP contribution is -2.36. The number of esters is 1. The minimum atomic E-state index is -3.50. The number of hydrogen-bond donors (Lipinski definition) is 1. The predicted octanol–water partition coefficient (Wildman–Crippen LogP) is -0.380. The first kappa shape index (κ1) is 15.4. The molecule has 1 fully saturated rings. The molecule has 8 heteroatoms. The SMILES string of the molecule is COC(=O)CCS(=O)(=O)NCC1COC(C)(C)O1. The van der Waals surface area contributed by atoms with Crippen LogP contribution in [0.15, 0.2) is 0 Å². The molecule has 106 valence electrons. The Morgan fingerprint density at radius 1 is 1.50 bits per heavy atom. The molecule has 0 amide bonds. The first-order chi connectivity index (χ1) is 8.24. The van der Waals surface area contributed by atoms with Gasteiger partial charge >= 0.3 is 5.97 Å². The topological polar surface area (TPSA) is 90.9 Å². The molecule has 1 aliphatic rings. The Kier molecular flexibility index (Phi) is 5.09. The Hall–Kier alpha value is -0.700. The fourth-order valence-corrected chi connectivity index (χ4v) is 2.50. The van der Waals surface area contributed by atoms with Crippen LogP contribution >= 0.6 is 0 Å². The van der Waals surface area contributed by atoms with Gasteiger partial charge in [0.2, 0.25) is 10.0 Å². The number of sulfonamides is 1. The molecule has 0 aromatic carbocycles. The Morgan fingerprint density at radius 3 is 2.67 bits per heavy atom. The van der Waals surface area contributed by atoms with Crippen LogP contribution in [0.1, 0.15) is 20.3 Å². The molecule has 1 aliphatic heterocycles. The Labute approximate surface area is 107 Å². The summed E-state index contributed by atoms with van der Waals surface area (Å²) in [5.74, 6) is -1.53. The molecular formula is C10H19NO6S. The van der Waals surface area contributed by atoms with Gasteiger partial charge in [0, 0.05) is 6.54 Å². The summed E-state index contributed by atoms with van der Waals surface area (Å²) in [4.78, 5) is 10.8. The van der Waals surface area contributed by atoms with E-state index >= 15 is 0 Å². The highest BCUT2D eigenvalue weighted by Gasteiger charge is 2.33. The molecule has 0 aliphatic carbocycles. The van der Waals surface area contributed by atoms with Gasteiger partial charge in [-0.05, 0) is 13.8 Å². The molecule has 0 spiro atoms. The molecule has 0 aromatic rings. The van der Waals surface area contributed by atoms with Gasteiger partial charge in [-0.1, -0.05) is 0 Å². The largest absolute Gasteiger partial charge is 0.469 e. The van der Waals surface area contributed by atoms with Gasteiger partial charge in [0.15, 0.2) is 5.79 Å². The molecule has 1 heterocycles. The van der Waals surface area contributed by atoms with Gasteiger partial charge in [-0.15, -0.1) is 0 Å². The number of ether oxygens (including phenoxy) is 3. The lowest BCUT2D eigenvalue weighted by molar-refractivity contribution is -0.140. The van der Waals surface area contributed by atoms with Gasteiger partial charge in [0.1, 0.15) is 0 Å². The number of rotatable bonds is 6. The van der Waals surface area contributed by atoms with Gasteiger partial charge in [-0.2, -0.15) is 0 Å². The Bertz CT molecular complexity index is 391. The van der Waals surface area contributed by atoms with Crippen LogP contribution in [0.3, 0.4) is 0 Å². The van der Waals surface area contributed by atoms with Crippen LogP contribution < -0.4 is 4.72 Å². The van der Waals surface area contributed by atoms with E-state index in [2.05, 4.69) is 9.46 Å². The maximum atomic E-state index is 11.6. The van der Waals surface area contributed by atoms with Crippen LogP contribution in [0.4, 0.5) is 0 Å². The number of methoxy groups -OCH3 is 1. The molecule has 0 saturated carbocycles. The zero-order valence-electron chi connectivity index (χ0n) is 10.8. The lowest BCUT2D eigenvalue weighted by atomic mass is 10.4. The van der Waals surface area contributed by atoms with Crippen LogP contribution in [-0.2, 0) is 29.0 Å². The quantitative estimate of drug-likeness (QED) is 0.667. The van der Waals surface area contributed by atoms with Gasteiger partial charge in [-0.3, -0.25) is 4.79 Å². The van der Waals surface area contributed by atoms with E-state index in [1.807, 2.05) is 0 Å². The standard InChI is InChI=1S/C10H19NO6S/c1-10(2)16-7-8(17-10)6-11-18(13,14)5-4-9(12)15-3/h8,11H,4-7H2,1-3H3. The molecule has 1 unspecified atom stereocenters. The van der Waals surface area contributed by atoms with Crippen molar-refractivity contribution in [3.63, 3.8) is 0 Å². The van der Waals surface area contributed by atoms with Crippen LogP contribution in [0.25, 0.3) is 0 Å². The van der Waals surface area contributed by atoms with Crippen molar-refractivity contribution >= 4 is 16.0 Å². The summed E-state index contributed by atoms with van der Waals surface area (Å²) >= 11 is 0. The molecule has 1 rings (SSSR count). The zero-order chi connectivity index (χ0) is 13.8. The second kappa shape index (κ2) is 5.96. The minimum absolute atomic E-state index is 0.132. The average molecular weight is 281 g/mol. The second-order valence-electron chi connectivity index (χ2n) is 4.44. The van der Waals surface area contributed by atoms with Gasteiger partial charge in [-0.25, -0.2) is 13.1 Å². The summed E-state index contributed by atoms with van der Waals surface area (Å²) in [5.41, 5.74) is 0.